The summed E-state index contributed by atoms with van der Waals surface area (Å²) in [6.45, 7) is 2.88. The highest BCUT2D eigenvalue weighted by Crippen LogP contribution is 2.33. The van der Waals surface area contributed by atoms with Crippen LogP contribution in [0.15, 0.2) is 28.6 Å². The van der Waals surface area contributed by atoms with Gasteiger partial charge in [-0.2, -0.15) is 5.10 Å². The zero-order valence-corrected chi connectivity index (χ0v) is 15.5. The molecule has 2 aromatic heterocycles. The molecule has 4 rings (SSSR count). The first-order chi connectivity index (χ1) is 12.2. The summed E-state index contributed by atoms with van der Waals surface area (Å²) in [6.07, 6.45) is 3.23. The second-order valence-electron chi connectivity index (χ2n) is 5.81. The van der Waals surface area contributed by atoms with E-state index in [0.717, 1.165) is 52.4 Å². The van der Waals surface area contributed by atoms with E-state index in [4.69, 9.17) is 5.10 Å². The van der Waals surface area contributed by atoms with Gasteiger partial charge in [-0.15, -0.1) is 10.2 Å². The molecule has 0 spiro atoms. The Balaban J connectivity index is 1.55. The van der Waals surface area contributed by atoms with E-state index in [-0.39, 0.29) is 5.82 Å². The first kappa shape index (κ1) is 16.5. The number of thioether (sulfide) groups is 1. The Labute approximate surface area is 153 Å². The fourth-order valence-corrected chi connectivity index (χ4v) is 4.83. The molecule has 0 bridgehead atoms. The Morgan fingerprint density at radius 3 is 2.88 bits per heavy atom. The molecule has 1 aromatic carbocycles. The van der Waals surface area contributed by atoms with Crippen molar-refractivity contribution in [3.05, 3.63) is 47.0 Å². The molecule has 1 aliphatic carbocycles. The number of halogens is 1. The Kier molecular flexibility index (Phi) is 4.72. The molecule has 8 heteroatoms. The first-order valence-electron chi connectivity index (χ1n) is 8.30. The molecule has 1 N–H and O–H groups in total. The summed E-state index contributed by atoms with van der Waals surface area (Å²) in [5.74, 6) is 0.549. The Bertz CT molecular complexity index is 872. The molecule has 0 fully saturated rings. The van der Waals surface area contributed by atoms with Gasteiger partial charge in [0.05, 0.1) is 11.4 Å². The predicted octanol–water partition coefficient (Wildman–Crippen LogP) is 4.08. The molecule has 0 saturated heterocycles. The normalized spacial score (nSPS) is 13.2. The van der Waals surface area contributed by atoms with Crippen LogP contribution in [0.3, 0.4) is 0 Å². The fourth-order valence-electron chi connectivity index (χ4n) is 3.05. The minimum Gasteiger partial charge on any atom is -0.360 e. The second-order valence-corrected chi connectivity index (χ2v) is 8.01. The molecule has 0 unspecified atom stereocenters. The predicted molar refractivity (Wildman–Crippen MR) is 99.2 cm³/mol. The van der Waals surface area contributed by atoms with Crippen molar-refractivity contribution in [3.8, 4) is 5.69 Å². The van der Waals surface area contributed by atoms with Gasteiger partial charge in [0.25, 0.3) is 0 Å². The van der Waals surface area contributed by atoms with Crippen molar-refractivity contribution in [1.82, 2.24) is 20.0 Å². The lowest BCUT2D eigenvalue weighted by atomic mass is 10.2. The minimum atomic E-state index is -0.226. The second kappa shape index (κ2) is 7.13. The fraction of sp³-hybridized carbons (Fsp3) is 0.353. The van der Waals surface area contributed by atoms with E-state index in [1.54, 1.807) is 35.2 Å². The maximum Gasteiger partial charge on any atom is 0.206 e. The van der Waals surface area contributed by atoms with Crippen molar-refractivity contribution >= 4 is 28.2 Å². The van der Waals surface area contributed by atoms with Crippen LogP contribution in [0, 0.1) is 5.82 Å². The summed E-state index contributed by atoms with van der Waals surface area (Å²) >= 11 is 3.23. The standard InChI is InChI=1S/C17H18FN5S2/c1-2-19-16-20-21-17(25-16)24-10-14-13-4-3-5-15(13)23(22-14)12-8-6-11(18)7-9-12/h6-9H,2-5,10H2,1H3,(H,19,20). The van der Waals surface area contributed by atoms with E-state index >= 15 is 0 Å². The van der Waals surface area contributed by atoms with Gasteiger partial charge in [-0.3, -0.25) is 0 Å². The molecule has 0 saturated carbocycles. The van der Waals surface area contributed by atoms with Crippen molar-refractivity contribution in [3.63, 3.8) is 0 Å². The smallest absolute Gasteiger partial charge is 0.206 e. The molecule has 25 heavy (non-hydrogen) atoms. The number of anilines is 1. The Morgan fingerprint density at radius 2 is 2.08 bits per heavy atom. The summed E-state index contributed by atoms with van der Waals surface area (Å²) in [5, 5.41) is 17.2. The van der Waals surface area contributed by atoms with Gasteiger partial charge in [-0.25, -0.2) is 9.07 Å². The topological polar surface area (TPSA) is 55.6 Å². The maximum absolute atomic E-state index is 13.2. The molecule has 130 valence electrons. The Hall–Kier alpha value is -1.93. The van der Waals surface area contributed by atoms with Crippen LogP contribution in [0.5, 0.6) is 0 Å². The highest BCUT2D eigenvalue weighted by Gasteiger charge is 2.23. The van der Waals surface area contributed by atoms with Gasteiger partial charge in [0, 0.05) is 18.0 Å². The lowest BCUT2D eigenvalue weighted by Crippen LogP contribution is -2.01. The average Bonchev–Trinajstić information content (AvgIpc) is 3.31. The van der Waals surface area contributed by atoms with Crippen molar-refractivity contribution in [2.75, 3.05) is 11.9 Å². The third-order valence-corrected chi connectivity index (χ3v) is 6.18. The molecular weight excluding hydrogens is 357 g/mol. The van der Waals surface area contributed by atoms with Gasteiger partial charge >= 0.3 is 0 Å². The molecular formula is C17H18FN5S2. The van der Waals surface area contributed by atoms with E-state index in [1.165, 1.54) is 23.4 Å². The highest BCUT2D eigenvalue weighted by atomic mass is 32.2. The summed E-state index contributed by atoms with van der Waals surface area (Å²) in [4.78, 5) is 0. The van der Waals surface area contributed by atoms with Gasteiger partial charge in [0.2, 0.25) is 5.13 Å². The lowest BCUT2D eigenvalue weighted by Gasteiger charge is -2.05. The van der Waals surface area contributed by atoms with Crippen LogP contribution in [-0.2, 0) is 18.6 Å². The molecule has 0 amide bonds. The quantitative estimate of drug-likeness (QED) is 0.658. The van der Waals surface area contributed by atoms with Crippen LogP contribution >= 0.6 is 23.1 Å². The van der Waals surface area contributed by atoms with Crippen LogP contribution < -0.4 is 5.32 Å². The monoisotopic (exact) mass is 375 g/mol. The van der Waals surface area contributed by atoms with E-state index < -0.39 is 0 Å². The van der Waals surface area contributed by atoms with Crippen molar-refractivity contribution < 1.29 is 4.39 Å². The van der Waals surface area contributed by atoms with Crippen molar-refractivity contribution in [2.24, 2.45) is 0 Å². The van der Waals surface area contributed by atoms with Crippen LogP contribution in [0.2, 0.25) is 0 Å². The van der Waals surface area contributed by atoms with Gasteiger partial charge < -0.3 is 5.32 Å². The number of benzene rings is 1. The average molecular weight is 375 g/mol. The maximum atomic E-state index is 13.2. The molecule has 1 aliphatic rings. The lowest BCUT2D eigenvalue weighted by molar-refractivity contribution is 0.626. The Morgan fingerprint density at radius 1 is 1.24 bits per heavy atom. The number of nitrogens with one attached hydrogen (secondary N) is 1. The molecule has 2 heterocycles. The van der Waals surface area contributed by atoms with Gasteiger partial charge in [-0.05, 0) is 56.0 Å². The number of rotatable bonds is 6. The minimum absolute atomic E-state index is 0.226. The van der Waals surface area contributed by atoms with Crippen molar-refractivity contribution in [2.45, 2.75) is 36.3 Å². The van der Waals surface area contributed by atoms with Crippen LogP contribution in [0.4, 0.5) is 9.52 Å². The van der Waals surface area contributed by atoms with E-state index in [1.807, 2.05) is 11.6 Å². The summed E-state index contributed by atoms with van der Waals surface area (Å²) < 4.78 is 16.1. The van der Waals surface area contributed by atoms with Crippen molar-refractivity contribution in [1.29, 1.82) is 0 Å². The summed E-state index contributed by atoms with van der Waals surface area (Å²) in [7, 11) is 0. The SMILES string of the molecule is CCNc1nnc(SCc2nn(-c3ccc(F)cc3)c3c2CCC3)s1. The van der Waals surface area contributed by atoms with Crippen LogP contribution in [0.25, 0.3) is 5.69 Å². The number of hydrogen-bond acceptors (Lipinski definition) is 6. The molecule has 0 aliphatic heterocycles. The summed E-state index contributed by atoms with van der Waals surface area (Å²) in [6, 6.07) is 6.53. The number of nitrogens with zero attached hydrogens (tertiary/aromatic N) is 4. The molecule has 3 aromatic rings. The highest BCUT2D eigenvalue weighted by molar-refractivity contribution is 8.00. The van der Waals surface area contributed by atoms with E-state index in [9.17, 15) is 4.39 Å². The third kappa shape index (κ3) is 3.41. The first-order valence-corrected chi connectivity index (χ1v) is 10.1. The van der Waals surface area contributed by atoms with Crippen LogP contribution in [0.1, 0.15) is 30.3 Å². The zero-order chi connectivity index (χ0) is 17.2. The molecule has 5 nitrogen and oxygen atoms in total. The van der Waals surface area contributed by atoms with Gasteiger partial charge in [0.15, 0.2) is 4.34 Å². The largest absolute Gasteiger partial charge is 0.360 e. The number of hydrogen-bond donors (Lipinski definition) is 1. The van der Waals surface area contributed by atoms with Gasteiger partial charge in [0.1, 0.15) is 5.82 Å². The molecule has 0 atom stereocenters. The van der Waals surface area contributed by atoms with E-state index in [2.05, 4.69) is 15.5 Å². The zero-order valence-electron chi connectivity index (χ0n) is 13.8. The third-order valence-electron chi connectivity index (χ3n) is 4.15. The number of fused-ring (bicyclic) bond motifs is 1. The van der Waals surface area contributed by atoms with E-state index in [0.29, 0.717) is 0 Å². The summed E-state index contributed by atoms with van der Waals surface area (Å²) in [5.41, 5.74) is 4.62. The van der Waals surface area contributed by atoms with Crippen LogP contribution in [-0.4, -0.2) is 26.5 Å². The molecule has 0 radical (unpaired) electrons. The van der Waals surface area contributed by atoms with Gasteiger partial charge in [-0.1, -0.05) is 23.1 Å². The number of aromatic nitrogens is 4.